The molecule has 3 rings (SSSR count). The summed E-state index contributed by atoms with van der Waals surface area (Å²) in [6.07, 6.45) is 6.76. The van der Waals surface area contributed by atoms with E-state index in [0.717, 1.165) is 29.8 Å². The molecule has 0 radical (unpaired) electrons. The van der Waals surface area contributed by atoms with Gasteiger partial charge >= 0.3 is 0 Å². The number of aromatic nitrogens is 1. The first kappa shape index (κ1) is 16.8. The summed E-state index contributed by atoms with van der Waals surface area (Å²) in [5.41, 5.74) is 2.69. The van der Waals surface area contributed by atoms with Crippen molar-refractivity contribution in [3.8, 4) is 5.75 Å². The van der Waals surface area contributed by atoms with Crippen molar-refractivity contribution in [2.45, 2.75) is 45.7 Å². The van der Waals surface area contributed by atoms with Gasteiger partial charge in [-0.15, -0.1) is 0 Å². The average Bonchev–Trinajstić information content (AvgIpc) is 2.85. The van der Waals surface area contributed by atoms with Crippen LogP contribution in [0, 0.1) is 6.92 Å². The highest BCUT2D eigenvalue weighted by molar-refractivity contribution is 5.31. The molecule has 1 aliphatic rings. The molecule has 4 nitrogen and oxygen atoms in total. The Bertz CT molecular complexity index is 744. The number of hydrogen-bond donors (Lipinski definition) is 1. The molecule has 24 heavy (non-hydrogen) atoms. The van der Waals surface area contributed by atoms with Crippen molar-refractivity contribution in [1.29, 1.82) is 0 Å². The van der Waals surface area contributed by atoms with E-state index in [0.29, 0.717) is 13.1 Å². The van der Waals surface area contributed by atoms with Gasteiger partial charge in [-0.2, -0.15) is 0 Å². The van der Waals surface area contributed by atoms with Gasteiger partial charge in [0.05, 0.1) is 6.54 Å². The first-order valence-electron chi connectivity index (χ1n) is 8.83. The van der Waals surface area contributed by atoms with Crippen LogP contribution in [-0.2, 0) is 13.1 Å². The smallest absolute Gasteiger partial charge is 0.293 e. The second-order valence-electron chi connectivity index (χ2n) is 6.74. The van der Waals surface area contributed by atoms with E-state index in [9.17, 15) is 9.90 Å². The summed E-state index contributed by atoms with van der Waals surface area (Å²) >= 11 is 0. The predicted molar refractivity (Wildman–Crippen MR) is 96.4 cm³/mol. The number of aromatic hydroxyl groups is 1. The average molecular weight is 326 g/mol. The lowest BCUT2D eigenvalue weighted by atomic mass is 10.1. The molecule has 4 heteroatoms. The zero-order valence-electron chi connectivity index (χ0n) is 14.4. The van der Waals surface area contributed by atoms with Crippen LogP contribution in [-0.4, -0.2) is 27.7 Å². The Morgan fingerprint density at radius 2 is 1.67 bits per heavy atom. The maximum Gasteiger partial charge on any atom is 0.293 e. The van der Waals surface area contributed by atoms with E-state index in [1.807, 2.05) is 43.5 Å². The third-order valence-corrected chi connectivity index (χ3v) is 4.92. The highest BCUT2D eigenvalue weighted by atomic mass is 16.3. The van der Waals surface area contributed by atoms with Crippen LogP contribution in [0.15, 0.2) is 41.3 Å². The molecule has 1 aromatic heterocycles. The second kappa shape index (κ2) is 7.67. The molecular weight excluding hydrogens is 300 g/mol. The molecule has 1 aromatic carbocycles. The van der Waals surface area contributed by atoms with E-state index in [-0.39, 0.29) is 11.3 Å². The molecule has 1 aliphatic heterocycles. The van der Waals surface area contributed by atoms with E-state index in [1.165, 1.54) is 25.7 Å². The standard InChI is InChI=1S/C20H26N2O2/c1-16-8-4-5-9-17(16)15-22-13-10-18(19(23)20(22)24)14-21-11-6-2-3-7-12-21/h4-5,8-10,13,23H,2-3,6-7,11-12,14-15H2,1H3. The fourth-order valence-electron chi connectivity index (χ4n) is 3.36. The number of hydrogen-bond acceptors (Lipinski definition) is 3. The molecule has 0 unspecified atom stereocenters. The van der Waals surface area contributed by atoms with Crippen LogP contribution >= 0.6 is 0 Å². The number of rotatable bonds is 4. The molecule has 0 aliphatic carbocycles. The third kappa shape index (κ3) is 3.88. The minimum atomic E-state index is -0.300. The Morgan fingerprint density at radius 1 is 0.958 bits per heavy atom. The summed E-state index contributed by atoms with van der Waals surface area (Å²) in [6, 6.07) is 9.90. The summed E-state index contributed by atoms with van der Waals surface area (Å²) in [5.74, 6) is -0.102. The fraction of sp³-hybridized carbons (Fsp3) is 0.450. The minimum Gasteiger partial charge on any atom is -0.503 e. The molecule has 1 saturated heterocycles. The van der Waals surface area contributed by atoms with Crippen molar-refractivity contribution in [3.05, 3.63) is 63.6 Å². The number of likely N-dealkylation sites (tertiary alicyclic amines) is 1. The van der Waals surface area contributed by atoms with Gasteiger partial charge in [0.2, 0.25) is 0 Å². The Kier molecular flexibility index (Phi) is 5.36. The zero-order chi connectivity index (χ0) is 16.9. The monoisotopic (exact) mass is 326 g/mol. The van der Waals surface area contributed by atoms with Crippen LogP contribution in [0.1, 0.15) is 42.4 Å². The van der Waals surface area contributed by atoms with Crippen LogP contribution in [0.25, 0.3) is 0 Å². The van der Waals surface area contributed by atoms with Crippen molar-refractivity contribution in [3.63, 3.8) is 0 Å². The first-order valence-corrected chi connectivity index (χ1v) is 8.83. The van der Waals surface area contributed by atoms with Gasteiger partial charge in [0.1, 0.15) is 0 Å². The summed E-state index contributed by atoms with van der Waals surface area (Å²) < 4.78 is 1.59. The lowest BCUT2D eigenvalue weighted by Crippen LogP contribution is -2.26. The van der Waals surface area contributed by atoms with E-state index in [1.54, 1.807) is 4.57 Å². The largest absolute Gasteiger partial charge is 0.503 e. The fourth-order valence-corrected chi connectivity index (χ4v) is 3.36. The number of aryl methyl sites for hydroxylation is 1. The van der Waals surface area contributed by atoms with Crippen molar-refractivity contribution in [1.82, 2.24) is 9.47 Å². The highest BCUT2D eigenvalue weighted by Crippen LogP contribution is 2.18. The van der Waals surface area contributed by atoms with Gasteiger partial charge < -0.3 is 9.67 Å². The predicted octanol–water partition coefficient (Wildman–Crippen LogP) is 3.29. The van der Waals surface area contributed by atoms with Gasteiger partial charge in [-0.3, -0.25) is 9.69 Å². The lowest BCUT2D eigenvalue weighted by molar-refractivity contribution is 0.272. The van der Waals surface area contributed by atoms with Gasteiger partial charge in [0.25, 0.3) is 5.56 Å². The molecule has 2 aromatic rings. The van der Waals surface area contributed by atoms with E-state index in [2.05, 4.69) is 4.90 Å². The lowest BCUT2D eigenvalue weighted by Gasteiger charge is -2.20. The minimum absolute atomic E-state index is 0.102. The molecule has 0 atom stereocenters. The van der Waals surface area contributed by atoms with Gasteiger partial charge in [-0.05, 0) is 50.0 Å². The van der Waals surface area contributed by atoms with Crippen LogP contribution < -0.4 is 5.56 Å². The highest BCUT2D eigenvalue weighted by Gasteiger charge is 2.14. The van der Waals surface area contributed by atoms with Crippen molar-refractivity contribution in [2.24, 2.45) is 0 Å². The molecule has 128 valence electrons. The van der Waals surface area contributed by atoms with Gasteiger partial charge in [0, 0.05) is 18.3 Å². The first-order chi connectivity index (χ1) is 11.6. The Hall–Kier alpha value is -2.07. The summed E-state index contributed by atoms with van der Waals surface area (Å²) in [4.78, 5) is 14.8. The van der Waals surface area contributed by atoms with Crippen molar-refractivity contribution in [2.75, 3.05) is 13.1 Å². The van der Waals surface area contributed by atoms with Crippen LogP contribution in [0.5, 0.6) is 5.75 Å². The Morgan fingerprint density at radius 3 is 2.38 bits per heavy atom. The molecule has 0 spiro atoms. The maximum atomic E-state index is 12.5. The van der Waals surface area contributed by atoms with Gasteiger partial charge in [-0.1, -0.05) is 37.1 Å². The molecule has 0 amide bonds. The Balaban J connectivity index is 1.78. The van der Waals surface area contributed by atoms with E-state index >= 15 is 0 Å². The van der Waals surface area contributed by atoms with Crippen molar-refractivity contribution < 1.29 is 5.11 Å². The SMILES string of the molecule is Cc1ccccc1Cn1ccc(CN2CCCCCC2)c(O)c1=O. The normalized spacial score (nSPS) is 16.0. The van der Waals surface area contributed by atoms with Crippen molar-refractivity contribution >= 4 is 0 Å². The molecular formula is C20H26N2O2. The number of benzene rings is 1. The maximum absolute atomic E-state index is 12.5. The zero-order valence-corrected chi connectivity index (χ0v) is 14.4. The van der Waals surface area contributed by atoms with Crippen LogP contribution in [0.2, 0.25) is 0 Å². The topological polar surface area (TPSA) is 45.5 Å². The molecule has 2 heterocycles. The van der Waals surface area contributed by atoms with Gasteiger partial charge in [-0.25, -0.2) is 0 Å². The molecule has 0 bridgehead atoms. The summed E-state index contributed by atoms with van der Waals surface area (Å²) in [7, 11) is 0. The molecule has 1 N–H and O–H groups in total. The molecule has 1 fully saturated rings. The summed E-state index contributed by atoms with van der Waals surface area (Å²) in [6.45, 7) is 5.28. The number of nitrogens with zero attached hydrogens (tertiary/aromatic N) is 2. The van der Waals surface area contributed by atoms with E-state index in [4.69, 9.17) is 0 Å². The summed E-state index contributed by atoms with van der Waals surface area (Å²) in [5, 5.41) is 10.4. The van der Waals surface area contributed by atoms with Crippen LogP contribution in [0.3, 0.4) is 0 Å². The Labute approximate surface area is 143 Å². The molecule has 0 saturated carbocycles. The number of pyridine rings is 1. The van der Waals surface area contributed by atoms with E-state index < -0.39 is 0 Å². The second-order valence-corrected chi connectivity index (χ2v) is 6.74. The van der Waals surface area contributed by atoms with Crippen LogP contribution in [0.4, 0.5) is 0 Å². The van der Waals surface area contributed by atoms with Gasteiger partial charge in [0.15, 0.2) is 5.75 Å². The third-order valence-electron chi connectivity index (χ3n) is 4.92. The quantitative estimate of drug-likeness (QED) is 0.938.